The molecular weight excluding hydrogens is 380 g/mol. The second kappa shape index (κ2) is 7.87. The van der Waals surface area contributed by atoms with Gasteiger partial charge in [-0.25, -0.2) is 0 Å². The number of amides is 1. The topological polar surface area (TPSA) is 96.2 Å². The van der Waals surface area contributed by atoms with Gasteiger partial charge < -0.3 is 10.4 Å². The van der Waals surface area contributed by atoms with Crippen LogP contribution in [0.5, 0.6) is 5.75 Å². The molecule has 0 spiro atoms. The monoisotopic (exact) mass is 404 g/mol. The highest BCUT2D eigenvalue weighted by molar-refractivity contribution is 5.93. The van der Waals surface area contributed by atoms with Crippen LogP contribution in [0.2, 0.25) is 0 Å². The van der Waals surface area contributed by atoms with Crippen molar-refractivity contribution in [3.8, 4) is 17.1 Å². The van der Waals surface area contributed by atoms with Gasteiger partial charge in [0.15, 0.2) is 0 Å². The van der Waals surface area contributed by atoms with Crippen molar-refractivity contribution in [1.29, 1.82) is 0 Å². The molecule has 0 radical (unpaired) electrons. The minimum atomic E-state index is -0.0304. The lowest BCUT2D eigenvalue weighted by Gasteiger charge is -2.49. The number of hydrogen-bond acceptors (Lipinski definition) is 6. The maximum atomic E-state index is 12.8. The molecule has 0 aliphatic carbocycles. The lowest BCUT2D eigenvalue weighted by atomic mass is 9.75. The van der Waals surface area contributed by atoms with E-state index < -0.39 is 0 Å². The van der Waals surface area contributed by atoms with Gasteiger partial charge >= 0.3 is 0 Å². The highest BCUT2D eigenvalue weighted by Crippen LogP contribution is 2.37. The summed E-state index contributed by atoms with van der Waals surface area (Å²) in [6.45, 7) is 2.52. The van der Waals surface area contributed by atoms with E-state index in [1.807, 2.05) is 29.1 Å². The van der Waals surface area contributed by atoms with Crippen LogP contribution in [0.3, 0.4) is 0 Å². The molecule has 2 bridgehead atoms. The number of nitrogens with one attached hydrogen (secondary N) is 1. The first-order valence-corrected chi connectivity index (χ1v) is 10.3. The molecule has 3 aliphatic rings. The summed E-state index contributed by atoms with van der Waals surface area (Å²) in [6, 6.07) is 12.8. The van der Waals surface area contributed by atoms with Crippen LogP contribution in [0, 0.1) is 11.8 Å². The van der Waals surface area contributed by atoms with Crippen molar-refractivity contribution in [2.24, 2.45) is 11.8 Å². The summed E-state index contributed by atoms with van der Waals surface area (Å²) in [5.74, 6) is 0.514. The maximum absolute atomic E-state index is 12.8. The fraction of sp³-hybridized carbons (Fsp3) is 0.364. The molecule has 5 heterocycles. The Morgan fingerprint density at radius 3 is 2.90 bits per heavy atom. The predicted octanol–water partition coefficient (Wildman–Crippen LogP) is 2.39. The van der Waals surface area contributed by atoms with Gasteiger partial charge in [0.2, 0.25) is 5.91 Å². The third kappa shape index (κ3) is 3.78. The van der Waals surface area contributed by atoms with Crippen LogP contribution in [0.25, 0.3) is 11.4 Å². The fourth-order valence-electron chi connectivity index (χ4n) is 4.68. The Labute approximate surface area is 174 Å². The summed E-state index contributed by atoms with van der Waals surface area (Å²) in [6.07, 6.45) is 5.70. The van der Waals surface area contributed by atoms with Gasteiger partial charge in [-0.15, -0.1) is 5.10 Å². The van der Waals surface area contributed by atoms with Gasteiger partial charge in [0.25, 0.3) is 0 Å². The number of nitrogens with zero attached hydrogens (tertiary/aromatic N) is 5. The SMILES string of the molecule is O=C(Nc1cccc(O)c1)C1CN2CCC1CC2Cn1cc(-c2ccccn2)nn1. The number of pyridine rings is 1. The number of piperidine rings is 3. The Kier molecular flexibility index (Phi) is 4.92. The molecule has 6 rings (SSSR count). The molecule has 0 saturated carbocycles. The van der Waals surface area contributed by atoms with Crippen molar-refractivity contribution in [3.05, 3.63) is 54.9 Å². The number of phenols is 1. The molecule has 1 aromatic carbocycles. The Balaban J connectivity index is 1.23. The summed E-state index contributed by atoms with van der Waals surface area (Å²) < 4.78 is 1.89. The molecular formula is C22H24N6O2. The van der Waals surface area contributed by atoms with Gasteiger partial charge in [-0.05, 0) is 49.6 Å². The highest BCUT2D eigenvalue weighted by atomic mass is 16.3. The number of carbonyl (C=O) groups is 1. The van der Waals surface area contributed by atoms with Crippen molar-refractivity contribution in [1.82, 2.24) is 24.9 Å². The molecule has 30 heavy (non-hydrogen) atoms. The first-order chi connectivity index (χ1) is 14.7. The molecule has 8 nitrogen and oxygen atoms in total. The number of fused-ring (bicyclic) bond motifs is 3. The van der Waals surface area contributed by atoms with Crippen LogP contribution in [-0.2, 0) is 11.3 Å². The maximum Gasteiger partial charge on any atom is 0.229 e. The molecule has 2 N–H and O–H groups in total. The Bertz CT molecular complexity index is 1040. The summed E-state index contributed by atoms with van der Waals surface area (Å²) in [7, 11) is 0. The number of aromatic nitrogens is 4. The molecule has 3 saturated heterocycles. The van der Waals surface area contributed by atoms with E-state index in [9.17, 15) is 9.90 Å². The second-order valence-corrected chi connectivity index (χ2v) is 8.12. The molecule has 4 unspecified atom stereocenters. The number of hydrogen-bond donors (Lipinski definition) is 2. The third-order valence-electron chi connectivity index (χ3n) is 6.19. The fourth-order valence-corrected chi connectivity index (χ4v) is 4.68. The second-order valence-electron chi connectivity index (χ2n) is 8.12. The van der Waals surface area contributed by atoms with Crippen molar-refractivity contribution < 1.29 is 9.90 Å². The lowest BCUT2D eigenvalue weighted by molar-refractivity contribution is -0.127. The standard InChI is InChI=1S/C22H24N6O2/c29-18-5-3-4-16(11-18)24-22(30)19-13-27-9-7-15(19)10-17(27)12-28-14-21(25-26-28)20-6-1-2-8-23-20/h1-6,8,11,14-15,17,19,29H,7,9-10,12-13H2,(H,24,30). The van der Waals surface area contributed by atoms with Gasteiger partial charge in [-0.2, -0.15) is 0 Å². The van der Waals surface area contributed by atoms with E-state index in [4.69, 9.17) is 0 Å². The minimum Gasteiger partial charge on any atom is -0.508 e. The van der Waals surface area contributed by atoms with Crippen molar-refractivity contribution >= 4 is 11.6 Å². The van der Waals surface area contributed by atoms with Gasteiger partial charge in [-0.3, -0.25) is 19.4 Å². The predicted molar refractivity (Wildman–Crippen MR) is 112 cm³/mol. The van der Waals surface area contributed by atoms with E-state index >= 15 is 0 Å². The third-order valence-corrected chi connectivity index (χ3v) is 6.19. The van der Waals surface area contributed by atoms with Crippen LogP contribution in [0.4, 0.5) is 5.69 Å². The van der Waals surface area contributed by atoms with Crippen LogP contribution < -0.4 is 5.32 Å². The van der Waals surface area contributed by atoms with Gasteiger partial charge in [0.05, 0.1) is 24.4 Å². The lowest BCUT2D eigenvalue weighted by Crippen LogP contribution is -2.57. The smallest absolute Gasteiger partial charge is 0.229 e. The molecule has 8 heteroatoms. The largest absolute Gasteiger partial charge is 0.508 e. The number of rotatable bonds is 5. The molecule has 2 aromatic heterocycles. The summed E-state index contributed by atoms with van der Waals surface area (Å²) in [5, 5.41) is 21.1. The zero-order chi connectivity index (χ0) is 20.5. The molecule has 1 amide bonds. The first kappa shape index (κ1) is 18.7. The van der Waals surface area contributed by atoms with Crippen molar-refractivity contribution in [3.63, 3.8) is 0 Å². The van der Waals surface area contributed by atoms with Crippen LogP contribution in [0.1, 0.15) is 12.8 Å². The molecule has 154 valence electrons. The zero-order valence-corrected chi connectivity index (χ0v) is 16.6. The number of aromatic hydroxyl groups is 1. The molecule has 3 fully saturated rings. The van der Waals surface area contributed by atoms with E-state index in [0.29, 0.717) is 17.6 Å². The normalized spacial score (nSPS) is 25.2. The van der Waals surface area contributed by atoms with Crippen LogP contribution >= 0.6 is 0 Å². The Morgan fingerprint density at radius 2 is 2.13 bits per heavy atom. The zero-order valence-electron chi connectivity index (χ0n) is 16.6. The van der Waals surface area contributed by atoms with Crippen molar-refractivity contribution in [2.75, 3.05) is 18.4 Å². The van der Waals surface area contributed by atoms with Crippen molar-refractivity contribution in [2.45, 2.75) is 25.4 Å². The van der Waals surface area contributed by atoms with E-state index in [1.54, 1.807) is 30.5 Å². The van der Waals surface area contributed by atoms with E-state index in [2.05, 4.69) is 25.5 Å². The van der Waals surface area contributed by atoms with E-state index in [1.165, 1.54) is 0 Å². The number of benzene rings is 1. The number of phenolic OH excluding ortho intramolecular Hbond substituents is 1. The highest BCUT2D eigenvalue weighted by Gasteiger charge is 2.43. The summed E-state index contributed by atoms with van der Waals surface area (Å²) >= 11 is 0. The van der Waals surface area contributed by atoms with Gasteiger partial charge in [0.1, 0.15) is 11.4 Å². The quantitative estimate of drug-likeness (QED) is 0.678. The average molecular weight is 404 g/mol. The molecule has 3 aromatic rings. The number of carbonyl (C=O) groups excluding carboxylic acids is 1. The minimum absolute atomic E-state index is 0.0304. The van der Waals surface area contributed by atoms with E-state index in [0.717, 1.165) is 43.9 Å². The Morgan fingerprint density at radius 1 is 1.20 bits per heavy atom. The Hall–Kier alpha value is -3.26. The van der Waals surface area contributed by atoms with E-state index in [-0.39, 0.29) is 17.6 Å². The molecule has 3 aliphatic heterocycles. The van der Waals surface area contributed by atoms with Gasteiger partial charge in [0, 0.05) is 30.5 Å². The molecule has 4 atom stereocenters. The van der Waals surface area contributed by atoms with Crippen LogP contribution in [0.15, 0.2) is 54.9 Å². The summed E-state index contributed by atoms with van der Waals surface area (Å²) in [5.41, 5.74) is 2.23. The number of anilines is 1. The van der Waals surface area contributed by atoms with Gasteiger partial charge in [-0.1, -0.05) is 17.3 Å². The van der Waals surface area contributed by atoms with Crippen LogP contribution in [-0.4, -0.2) is 55.0 Å². The summed E-state index contributed by atoms with van der Waals surface area (Å²) in [4.78, 5) is 19.6. The average Bonchev–Trinajstić information content (AvgIpc) is 3.23. The first-order valence-electron chi connectivity index (χ1n) is 10.3.